The van der Waals surface area contributed by atoms with E-state index in [9.17, 15) is 29.1 Å². The van der Waals surface area contributed by atoms with Gasteiger partial charge < -0.3 is 25.2 Å². The molecule has 37 heavy (non-hydrogen) atoms. The first-order chi connectivity index (χ1) is 16.7. The summed E-state index contributed by atoms with van der Waals surface area (Å²) in [5.41, 5.74) is -4.53. The van der Waals surface area contributed by atoms with E-state index in [0.29, 0.717) is 6.04 Å². The molecule has 3 N–H and O–H groups in total. The van der Waals surface area contributed by atoms with Crippen molar-refractivity contribution in [1.29, 1.82) is 0 Å². The largest absolute Gasteiger partial charge is 0.481 e. The molecule has 0 saturated heterocycles. The van der Waals surface area contributed by atoms with Gasteiger partial charge in [0.25, 0.3) is 0 Å². The van der Waals surface area contributed by atoms with E-state index in [0.717, 1.165) is 0 Å². The minimum absolute atomic E-state index is 0.0770. The lowest BCUT2D eigenvalue weighted by molar-refractivity contribution is -0.173. The number of amides is 2. The van der Waals surface area contributed by atoms with Crippen molar-refractivity contribution in [2.45, 2.75) is 116 Å². The van der Waals surface area contributed by atoms with Crippen LogP contribution >= 0.6 is 15.9 Å². The summed E-state index contributed by atoms with van der Waals surface area (Å²) in [7, 11) is -0.580. The van der Waals surface area contributed by atoms with E-state index >= 15 is 0 Å². The Kier molecular flexibility index (Phi) is 13.5. The highest BCUT2D eigenvalue weighted by molar-refractivity contribution is 9.09. The molecule has 0 aromatic rings. The molecule has 0 fully saturated rings. The number of halogens is 1. The molecule has 0 saturated carbocycles. The van der Waals surface area contributed by atoms with Gasteiger partial charge in [0, 0.05) is 21.4 Å². The number of hydrogen-bond acceptors (Lipinski definition) is 7. The highest BCUT2D eigenvalue weighted by Gasteiger charge is 2.55. The number of carbonyl (C=O) groups is 5. The Balaban J connectivity index is 6.43. The SMILES string of the molecule is C[SiH2]CC[C@@](NC(=O)[C@H](CCC(=O)OC(C)(C)C)NC(=O)CBr)(C(=O)OC(C)(C)C)C(C)(C)CC(=O)O. The maximum Gasteiger partial charge on any atom is 0.332 e. The fourth-order valence-corrected chi connectivity index (χ4v) is 4.84. The number of aliphatic carboxylic acids is 1. The van der Waals surface area contributed by atoms with Crippen molar-refractivity contribution in [2.24, 2.45) is 5.41 Å². The van der Waals surface area contributed by atoms with Crippen LogP contribution in [0.2, 0.25) is 12.6 Å². The maximum atomic E-state index is 13.7. The zero-order chi connectivity index (χ0) is 29.2. The molecule has 0 aromatic carbocycles. The van der Waals surface area contributed by atoms with Crippen LogP contribution in [0.25, 0.3) is 0 Å². The third kappa shape index (κ3) is 12.4. The topological polar surface area (TPSA) is 148 Å². The van der Waals surface area contributed by atoms with Gasteiger partial charge in [-0.25, -0.2) is 4.79 Å². The van der Waals surface area contributed by atoms with E-state index in [-0.39, 0.29) is 24.6 Å². The van der Waals surface area contributed by atoms with Crippen LogP contribution in [0.5, 0.6) is 0 Å². The summed E-state index contributed by atoms with van der Waals surface area (Å²) in [6.07, 6.45) is -0.459. The second kappa shape index (κ2) is 14.3. The highest BCUT2D eigenvalue weighted by atomic mass is 79.9. The highest BCUT2D eigenvalue weighted by Crippen LogP contribution is 2.40. The minimum Gasteiger partial charge on any atom is -0.481 e. The molecule has 0 bridgehead atoms. The van der Waals surface area contributed by atoms with E-state index < -0.39 is 73.9 Å². The summed E-state index contributed by atoms with van der Waals surface area (Å²) in [5, 5.41) is 14.9. The molecular weight excluding hydrogens is 564 g/mol. The van der Waals surface area contributed by atoms with Gasteiger partial charge in [0.05, 0.1) is 11.8 Å². The molecule has 10 nitrogen and oxygen atoms in total. The van der Waals surface area contributed by atoms with Gasteiger partial charge in [-0.15, -0.1) is 0 Å². The normalized spacial score (nSPS) is 15.0. The first kappa shape index (κ1) is 35.0. The van der Waals surface area contributed by atoms with Gasteiger partial charge in [-0.3, -0.25) is 19.2 Å². The lowest BCUT2D eigenvalue weighted by Crippen LogP contribution is -2.67. The molecule has 0 spiro atoms. The zero-order valence-corrected chi connectivity index (χ0v) is 26.7. The maximum absolute atomic E-state index is 13.7. The number of esters is 2. The number of hydrogen-bond donors (Lipinski definition) is 3. The van der Waals surface area contributed by atoms with Crippen LogP contribution in [0.15, 0.2) is 0 Å². The van der Waals surface area contributed by atoms with Gasteiger partial charge in [-0.1, -0.05) is 42.4 Å². The quantitative estimate of drug-likeness (QED) is 0.155. The average molecular weight is 610 g/mol. The predicted molar refractivity (Wildman–Crippen MR) is 147 cm³/mol. The summed E-state index contributed by atoms with van der Waals surface area (Å²) >= 11 is 3.05. The van der Waals surface area contributed by atoms with E-state index in [2.05, 4.69) is 26.6 Å². The summed E-state index contributed by atoms with van der Waals surface area (Å²) in [6, 6.07) is -0.530. The van der Waals surface area contributed by atoms with E-state index in [4.69, 9.17) is 9.47 Å². The Labute approximate surface area is 231 Å². The van der Waals surface area contributed by atoms with Crippen molar-refractivity contribution in [2.75, 3.05) is 5.33 Å². The molecule has 12 heteroatoms. The Bertz CT molecular complexity index is 836. The molecule has 0 aliphatic heterocycles. The molecule has 0 rings (SSSR count). The van der Waals surface area contributed by atoms with Gasteiger partial charge >= 0.3 is 17.9 Å². The Morgan fingerprint density at radius 3 is 1.92 bits per heavy atom. The van der Waals surface area contributed by atoms with Crippen molar-refractivity contribution in [3.05, 3.63) is 0 Å². The molecule has 0 unspecified atom stereocenters. The summed E-state index contributed by atoms with van der Waals surface area (Å²) < 4.78 is 11.0. The fraction of sp³-hybridized carbons (Fsp3) is 0.800. The lowest BCUT2D eigenvalue weighted by Gasteiger charge is -2.46. The molecule has 0 heterocycles. The molecule has 214 valence electrons. The van der Waals surface area contributed by atoms with Gasteiger partial charge in [-0.2, -0.15) is 0 Å². The monoisotopic (exact) mass is 608 g/mol. The number of carboxylic acid groups (broad SMARTS) is 1. The zero-order valence-electron chi connectivity index (χ0n) is 23.7. The second-order valence-electron chi connectivity index (χ2n) is 11.8. The molecule has 0 radical (unpaired) electrons. The van der Waals surface area contributed by atoms with Gasteiger partial charge in [-0.05, 0) is 54.4 Å². The van der Waals surface area contributed by atoms with Crippen molar-refractivity contribution >= 4 is 55.2 Å². The lowest BCUT2D eigenvalue weighted by atomic mass is 9.68. The first-order valence-electron chi connectivity index (χ1n) is 12.5. The Hall–Kier alpha value is -1.95. The minimum atomic E-state index is -1.68. The van der Waals surface area contributed by atoms with Crippen LogP contribution in [-0.2, 0) is 33.4 Å². The molecule has 2 atom stereocenters. The van der Waals surface area contributed by atoms with Gasteiger partial charge in [0.2, 0.25) is 11.8 Å². The Morgan fingerprint density at radius 1 is 0.946 bits per heavy atom. The Morgan fingerprint density at radius 2 is 1.49 bits per heavy atom. The number of alkyl halides is 1. The number of rotatable bonds is 14. The van der Waals surface area contributed by atoms with E-state index in [1.54, 1.807) is 55.4 Å². The summed E-state index contributed by atoms with van der Waals surface area (Å²) in [4.78, 5) is 63.6. The fourth-order valence-electron chi connectivity index (χ4n) is 3.79. The van der Waals surface area contributed by atoms with Crippen LogP contribution in [0, 0.1) is 5.41 Å². The smallest absolute Gasteiger partial charge is 0.332 e. The predicted octanol–water partition coefficient (Wildman–Crippen LogP) is 2.71. The van der Waals surface area contributed by atoms with Gasteiger partial charge in [0.1, 0.15) is 22.8 Å². The van der Waals surface area contributed by atoms with Crippen LogP contribution in [-0.4, -0.2) is 72.5 Å². The number of ether oxygens (including phenoxy) is 2. The van der Waals surface area contributed by atoms with Crippen molar-refractivity contribution in [3.63, 3.8) is 0 Å². The van der Waals surface area contributed by atoms with E-state index in [1.165, 1.54) is 0 Å². The standard InChI is InChI=1S/C25H45BrN2O8Si/c1-22(2,3)35-19(32)11-10-16(27-17(29)15-26)20(33)28-25(12-13-37-9,21(34)36-23(4,5)6)24(7,8)14-18(30)31/h16H,10-15,37H2,1-9H3,(H,27,29)(H,28,33)(H,30,31)/t16-,25+/m0/s1. The van der Waals surface area contributed by atoms with Gasteiger partial charge in [0.15, 0.2) is 0 Å². The molecule has 0 aliphatic carbocycles. The molecule has 0 aromatic heterocycles. The third-order valence-electron chi connectivity index (χ3n) is 5.57. The summed E-state index contributed by atoms with van der Waals surface area (Å²) in [5.74, 6) is -3.60. The number of carboxylic acids is 1. The number of nitrogens with one attached hydrogen (secondary N) is 2. The third-order valence-corrected chi connectivity index (χ3v) is 7.14. The van der Waals surface area contributed by atoms with Crippen molar-refractivity contribution < 1.29 is 38.6 Å². The van der Waals surface area contributed by atoms with Crippen LogP contribution in [0.3, 0.4) is 0 Å². The van der Waals surface area contributed by atoms with Crippen molar-refractivity contribution in [3.8, 4) is 0 Å². The van der Waals surface area contributed by atoms with Crippen molar-refractivity contribution in [1.82, 2.24) is 10.6 Å². The average Bonchev–Trinajstić information content (AvgIpc) is 2.69. The summed E-state index contributed by atoms with van der Waals surface area (Å²) in [6.45, 7) is 15.5. The van der Waals surface area contributed by atoms with Crippen LogP contribution < -0.4 is 10.6 Å². The first-order valence-corrected chi connectivity index (χ1v) is 16.1. The van der Waals surface area contributed by atoms with Crippen LogP contribution in [0.1, 0.15) is 81.1 Å². The van der Waals surface area contributed by atoms with Crippen LogP contribution in [0.4, 0.5) is 0 Å². The molecule has 2 amide bonds. The molecule has 0 aliphatic rings. The molecular formula is C25H45BrN2O8Si. The second-order valence-corrected chi connectivity index (χ2v) is 14.1. The van der Waals surface area contributed by atoms with E-state index in [1.807, 2.05) is 6.55 Å². The number of carbonyl (C=O) groups excluding carboxylic acids is 4.